The average Bonchev–Trinajstić information content (AvgIpc) is 2.98. The minimum atomic E-state index is -0.178. The van der Waals surface area contributed by atoms with Gasteiger partial charge in [0.15, 0.2) is 0 Å². The van der Waals surface area contributed by atoms with Gasteiger partial charge >= 0.3 is 0 Å². The third kappa shape index (κ3) is 3.44. The molecule has 0 aromatic carbocycles. The Bertz CT molecular complexity index is 356. The third-order valence-electron chi connectivity index (χ3n) is 6.33. The minimum Gasteiger partial charge on any atom is -0.392 e. The van der Waals surface area contributed by atoms with Gasteiger partial charge in [-0.3, -0.25) is 4.79 Å². The van der Waals surface area contributed by atoms with E-state index in [1.807, 2.05) is 0 Å². The standard InChI is InChI=1S/C18H31NO2/c20-16-10-13-19(14-18(16)11-4-5-12-18)17(21)9-8-15-6-2-1-3-7-15/h15-16,20H,1-14H2. The number of piperidine rings is 1. The number of aliphatic hydroxyl groups excluding tert-OH is 1. The number of likely N-dealkylation sites (tertiary alicyclic amines) is 1. The number of hydrogen-bond acceptors (Lipinski definition) is 2. The smallest absolute Gasteiger partial charge is 0.222 e. The fraction of sp³-hybridized carbons (Fsp3) is 0.944. The van der Waals surface area contributed by atoms with Crippen molar-refractivity contribution in [3.63, 3.8) is 0 Å². The van der Waals surface area contributed by atoms with Crippen molar-refractivity contribution in [2.45, 2.75) is 83.2 Å². The summed E-state index contributed by atoms with van der Waals surface area (Å²) in [6.07, 6.45) is 13.9. The Balaban J connectivity index is 1.50. The molecule has 120 valence electrons. The molecule has 1 spiro atoms. The van der Waals surface area contributed by atoms with Crippen LogP contribution in [-0.2, 0) is 4.79 Å². The van der Waals surface area contributed by atoms with Crippen LogP contribution in [0.15, 0.2) is 0 Å². The molecule has 21 heavy (non-hydrogen) atoms. The van der Waals surface area contributed by atoms with Gasteiger partial charge in [0, 0.05) is 24.9 Å². The van der Waals surface area contributed by atoms with Crippen LogP contribution in [0.25, 0.3) is 0 Å². The summed E-state index contributed by atoms with van der Waals surface area (Å²) in [4.78, 5) is 14.6. The number of aliphatic hydroxyl groups is 1. The second-order valence-corrected chi connectivity index (χ2v) is 7.73. The fourth-order valence-electron chi connectivity index (χ4n) is 4.89. The van der Waals surface area contributed by atoms with Crippen LogP contribution >= 0.6 is 0 Å². The highest BCUT2D eigenvalue weighted by Gasteiger charge is 2.45. The lowest BCUT2D eigenvalue weighted by molar-refractivity contribution is -0.139. The van der Waals surface area contributed by atoms with Gasteiger partial charge in [-0.1, -0.05) is 44.9 Å². The molecule has 3 aliphatic rings. The highest BCUT2D eigenvalue weighted by Crippen LogP contribution is 2.45. The molecular formula is C18H31NO2. The van der Waals surface area contributed by atoms with Crippen molar-refractivity contribution in [3.8, 4) is 0 Å². The van der Waals surface area contributed by atoms with Crippen molar-refractivity contribution < 1.29 is 9.90 Å². The van der Waals surface area contributed by atoms with Gasteiger partial charge in [0.05, 0.1) is 6.10 Å². The zero-order valence-corrected chi connectivity index (χ0v) is 13.4. The first-order valence-corrected chi connectivity index (χ1v) is 9.15. The van der Waals surface area contributed by atoms with E-state index >= 15 is 0 Å². The fourth-order valence-corrected chi connectivity index (χ4v) is 4.89. The number of hydrogen-bond donors (Lipinski definition) is 1. The van der Waals surface area contributed by atoms with E-state index in [9.17, 15) is 9.90 Å². The van der Waals surface area contributed by atoms with E-state index in [1.165, 1.54) is 44.9 Å². The van der Waals surface area contributed by atoms with Gasteiger partial charge in [0.1, 0.15) is 0 Å². The molecule has 3 heteroatoms. The Morgan fingerprint density at radius 1 is 1.05 bits per heavy atom. The molecule has 0 radical (unpaired) electrons. The van der Waals surface area contributed by atoms with Gasteiger partial charge in [-0.05, 0) is 31.6 Å². The Kier molecular flexibility index (Phi) is 4.88. The highest BCUT2D eigenvalue weighted by atomic mass is 16.3. The average molecular weight is 293 g/mol. The number of nitrogens with zero attached hydrogens (tertiary/aromatic N) is 1. The number of rotatable bonds is 3. The van der Waals surface area contributed by atoms with Gasteiger partial charge in [0.25, 0.3) is 0 Å². The first-order chi connectivity index (χ1) is 10.2. The molecule has 1 unspecified atom stereocenters. The Morgan fingerprint density at radius 3 is 2.48 bits per heavy atom. The van der Waals surface area contributed by atoms with Gasteiger partial charge < -0.3 is 10.0 Å². The molecule has 1 saturated heterocycles. The van der Waals surface area contributed by atoms with Crippen molar-refractivity contribution in [2.75, 3.05) is 13.1 Å². The normalized spacial score (nSPS) is 30.0. The summed E-state index contributed by atoms with van der Waals surface area (Å²) >= 11 is 0. The van der Waals surface area contributed by atoms with Crippen LogP contribution in [-0.4, -0.2) is 35.1 Å². The van der Waals surface area contributed by atoms with Crippen molar-refractivity contribution in [1.82, 2.24) is 4.90 Å². The van der Waals surface area contributed by atoms with Crippen molar-refractivity contribution in [3.05, 3.63) is 0 Å². The van der Waals surface area contributed by atoms with E-state index in [4.69, 9.17) is 0 Å². The van der Waals surface area contributed by atoms with Gasteiger partial charge in [0.2, 0.25) is 5.91 Å². The van der Waals surface area contributed by atoms with Crippen molar-refractivity contribution in [2.24, 2.45) is 11.3 Å². The summed E-state index contributed by atoms with van der Waals surface area (Å²) in [5.41, 5.74) is 0.0404. The van der Waals surface area contributed by atoms with Crippen LogP contribution in [0.2, 0.25) is 0 Å². The lowest BCUT2D eigenvalue weighted by Crippen LogP contribution is -2.52. The lowest BCUT2D eigenvalue weighted by Gasteiger charge is -2.44. The summed E-state index contributed by atoms with van der Waals surface area (Å²) in [5.74, 6) is 1.14. The minimum absolute atomic E-state index is 0.0404. The Morgan fingerprint density at radius 2 is 1.76 bits per heavy atom. The maximum absolute atomic E-state index is 12.5. The summed E-state index contributed by atoms with van der Waals surface area (Å²) in [6.45, 7) is 1.59. The SMILES string of the molecule is O=C(CCC1CCCCC1)N1CCC(O)C2(CCCC2)C1. The van der Waals surface area contributed by atoms with Crippen LogP contribution in [0.3, 0.4) is 0 Å². The second kappa shape index (κ2) is 6.68. The molecule has 3 nitrogen and oxygen atoms in total. The summed E-state index contributed by atoms with van der Waals surface area (Å²) < 4.78 is 0. The summed E-state index contributed by atoms with van der Waals surface area (Å²) in [5, 5.41) is 10.4. The van der Waals surface area contributed by atoms with E-state index in [0.29, 0.717) is 5.91 Å². The Hall–Kier alpha value is -0.570. The van der Waals surface area contributed by atoms with E-state index in [2.05, 4.69) is 4.90 Å². The molecule has 0 aromatic heterocycles. The van der Waals surface area contributed by atoms with Gasteiger partial charge in [-0.25, -0.2) is 0 Å². The molecule has 2 saturated carbocycles. The predicted molar refractivity (Wildman–Crippen MR) is 83.9 cm³/mol. The second-order valence-electron chi connectivity index (χ2n) is 7.73. The molecule has 0 bridgehead atoms. The number of amides is 1. The Labute approximate surface area is 129 Å². The van der Waals surface area contributed by atoms with Crippen molar-refractivity contribution in [1.29, 1.82) is 0 Å². The third-order valence-corrected chi connectivity index (χ3v) is 6.33. The molecule has 1 amide bonds. The lowest BCUT2D eigenvalue weighted by atomic mass is 9.76. The largest absolute Gasteiger partial charge is 0.392 e. The van der Waals surface area contributed by atoms with Crippen LogP contribution in [0, 0.1) is 11.3 Å². The molecule has 0 aromatic rings. The molecule has 3 rings (SSSR count). The summed E-state index contributed by atoms with van der Waals surface area (Å²) in [6, 6.07) is 0. The topological polar surface area (TPSA) is 40.5 Å². The zero-order valence-electron chi connectivity index (χ0n) is 13.4. The molecule has 2 aliphatic carbocycles. The van der Waals surface area contributed by atoms with Crippen LogP contribution in [0.4, 0.5) is 0 Å². The van der Waals surface area contributed by atoms with E-state index in [-0.39, 0.29) is 11.5 Å². The molecule has 3 fully saturated rings. The first kappa shape index (κ1) is 15.3. The molecule has 1 atom stereocenters. The molecule has 1 heterocycles. The van der Waals surface area contributed by atoms with Crippen molar-refractivity contribution >= 4 is 5.91 Å². The van der Waals surface area contributed by atoms with Crippen LogP contribution in [0.1, 0.15) is 77.0 Å². The number of carbonyl (C=O) groups is 1. The van der Waals surface area contributed by atoms with Crippen LogP contribution in [0.5, 0.6) is 0 Å². The zero-order chi connectivity index (χ0) is 14.7. The van der Waals surface area contributed by atoms with E-state index in [0.717, 1.165) is 51.1 Å². The van der Waals surface area contributed by atoms with E-state index in [1.54, 1.807) is 0 Å². The molecule has 1 aliphatic heterocycles. The van der Waals surface area contributed by atoms with Gasteiger partial charge in [-0.2, -0.15) is 0 Å². The van der Waals surface area contributed by atoms with E-state index < -0.39 is 0 Å². The van der Waals surface area contributed by atoms with Crippen LogP contribution < -0.4 is 0 Å². The number of carbonyl (C=O) groups excluding carboxylic acids is 1. The summed E-state index contributed by atoms with van der Waals surface area (Å²) in [7, 11) is 0. The van der Waals surface area contributed by atoms with Gasteiger partial charge in [-0.15, -0.1) is 0 Å². The quantitative estimate of drug-likeness (QED) is 0.865. The molecular weight excluding hydrogens is 262 g/mol. The predicted octanol–water partition coefficient (Wildman–Crippen LogP) is 3.50. The maximum atomic E-state index is 12.5. The highest BCUT2D eigenvalue weighted by molar-refractivity contribution is 5.76. The monoisotopic (exact) mass is 293 g/mol. The molecule has 1 N–H and O–H groups in total. The first-order valence-electron chi connectivity index (χ1n) is 9.15. The maximum Gasteiger partial charge on any atom is 0.222 e.